The van der Waals surface area contributed by atoms with Crippen molar-refractivity contribution in [2.24, 2.45) is 5.41 Å². The smallest absolute Gasteiger partial charge is 0.123 e. The van der Waals surface area contributed by atoms with Crippen LogP contribution in [0.25, 0.3) is 0 Å². The number of rotatable bonds is 4. The first kappa shape index (κ1) is 10.4. The van der Waals surface area contributed by atoms with Crippen molar-refractivity contribution in [3.05, 3.63) is 30.1 Å². The maximum absolute atomic E-state index is 12.6. The van der Waals surface area contributed by atoms with Crippen LogP contribution in [0.2, 0.25) is 0 Å². The van der Waals surface area contributed by atoms with Gasteiger partial charge in [0.05, 0.1) is 6.61 Å². The van der Waals surface area contributed by atoms with Crippen molar-refractivity contribution in [1.29, 1.82) is 0 Å². The molecule has 0 bridgehead atoms. The molecule has 1 aromatic carbocycles. The lowest BCUT2D eigenvalue weighted by molar-refractivity contribution is 0.0576. The van der Waals surface area contributed by atoms with Crippen LogP contribution in [0.4, 0.5) is 10.1 Å². The van der Waals surface area contributed by atoms with E-state index in [1.54, 1.807) is 12.1 Å². The summed E-state index contributed by atoms with van der Waals surface area (Å²) in [6.45, 7) is 1.01. The van der Waals surface area contributed by atoms with E-state index in [0.717, 1.165) is 25.1 Å². The molecule has 0 spiro atoms. The molecule has 1 aliphatic carbocycles. The molecule has 0 saturated heterocycles. The first-order chi connectivity index (χ1) is 7.24. The van der Waals surface area contributed by atoms with E-state index in [2.05, 4.69) is 5.32 Å². The van der Waals surface area contributed by atoms with E-state index in [-0.39, 0.29) is 17.8 Å². The van der Waals surface area contributed by atoms with E-state index in [1.165, 1.54) is 18.6 Å². The van der Waals surface area contributed by atoms with E-state index in [4.69, 9.17) is 0 Å². The molecule has 2 rings (SSSR count). The summed E-state index contributed by atoms with van der Waals surface area (Å²) < 4.78 is 12.6. The summed E-state index contributed by atoms with van der Waals surface area (Å²) in [4.78, 5) is 0. The van der Waals surface area contributed by atoms with Crippen molar-refractivity contribution in [3.8, 4) is 0 Å². The minimum Gasteiger partial charge on any atom is -0.396 e. The highest BCUT2D eigenvalue weighted by molar-refractivity contribution is 5.43. The van der Waals surface area contributed by atoms with E-state index in [0.29, 0.717) is 0 Å². The van der Waals surface area contributed by atoms with Crippen LogP contribution in [0.1, 0.15) is 19.3 Å². The van der Waals surface area contributed by atoms with Gasteiger partial charge in [0.2, 0.25) is 0 Å². The molecule has 1 aromatic rings. The Hall–Kier alpha value is -1.09. The van der Waals surface area contributed by atoms with Crippen LogP contribution in [0, 0.1) is 11.2 Å². The predicted octanol–water partition coefficient (Wildman–Crippen LogP) is 2.40. The number of nitrogens with one attached hydrogen (secondary N) is 1. The first-order valence-corrected chi connectivity index (χ1v) is 5.34. The molecule has 82 valence electrons. The normalized spacial score (nSPS) is 18.3. The molecule has 0 amide bonds. The van der Waals surface area contributed by atoms with Crippen molar-refractivity contribution in [2.75, 3.05) is 18.5 Å². The van der Waals surface area contributed by atoms with Crippen LogP contribution < -0.4 is 5.32 Å². The van der Waals surface area contributed by atoms with Crippen molar-refractivity contribution in [1.82, 2.24) is 0 Å². The van der Waals surface area contributed by atoms with Gasteiger partial charge in [0, 0.05) is 17.6 Å². The van der Waals surface area contributed by atoms with Gasteiger partial charge in [0.15, 0.2) is 0 Å². The van der Waals surface area contributed by atoms with Crippen LogP contribution in [-0.4, -0.2) is 18.3 Å². The van der Waals surface area contributed by atoms with Crippen LogP contribution in [0.3, 0.4) is 0 Å². The fraction of sp³-hybridized carbons (Fsp3) is 0.500. The standard InChI is InChI=1S/C12H16FNO/c13-10-2-4-11(5-3-10)14-8-12(9-15)6-1-7-12/h2-5,14-15H,1,6-9H2. The molecule has 1 saturated carbocycles. The second kappa shape index (κ2) is 4.19. The molecule has 1 fully saturated rings. The molecule has 3 heteroatoms. The fourth-order valence-corrected chi connectivity index (χ4v) is 1.92. The van der Waals surface area contributed by atoms with E-state index >= 15 is 0 Å². The molecule has 0 atom stereocenters. The average molecular weight is 209 g/mol. The lowest BCUT2D eigenvalue weighted by atomic mass is 9.69. The van der Waals surface area contributed by atoms with Gasteiger partial charge in [0.1, 0.15) is 5.82 Å². The largest absolute Gasteiger partial charge is 0.396 e. The molecule has 2 nitrogen and oxygen atoms in total. The Kier molecular flexibility index (Phi) is 2.91. The van der Waals surface area contributed by atoms with Crippen molar-refractivity contribution >= 4 is 5.69 Å². The Balaban J connectivity index is 1.90. The molecular formula is C12H16FNO. The number of benzene rings is 1. The topological polar surface area (TPSA) is 32.3 Å². The minimum atomic E-state index is -0.221. The number of aliphatic hydroxyl groups is 1. The molecule has 0 aliphatic heterocycles. The summed E-state index contributed by atoms with van der Waals surface area (Å²) in [5.41, 5.74) is 0.977. The Morgan fingerprint density at radius 2 is 1.93 bits per heavy atom. The number of anilines is 1. The van der Waals surface area contributed by atoms with Crippen LogP contribution in [0.15, 0.2) is 24.3 Å². The summed E-state index contributed by atoms with van der Waals surface area (Å²) in [6, 6.07) is 6.32. The minimum absolute atomic E-state index is 0.0639. The SMILES string of the molecule is OCC1(CNc2ccc(F)cc2)CCC1. The molecular weight excluding hydrogens is 193 g/mol. The Bertz CT molecular complexity index is 313. The third kappa shape index (κ3) is 2.29. The predicted molar refractivity (Wildman–Crippen MR) is 58.3 cm³/mol. The van der Waals surface area contributed by atoms with Crippen LogP contribution >= 0.6 is 0 Å². The number of halogens is 1. The van der Waals surface area contributed by atoms with Crippen LogP contribution in [0.5, 0.6) is 0 Å². The zero-order valence-electron chi connectivity index (χ0n) is 8.67. The highest BCUT2D eigenvalue weighted by Gasteiger charge is 2.35. The van der Waals surface area contributed by atoms with Crippen molar-refractivity contribution in [3.63, 3.8) is 0 Å². The Morgan fingerprint density at radius 3 is 2.40 bits per heavy atom. The summed E-state index contributed by atoms with van der Waals surface area (Å²) in [7, 11) is 0. The number of hydrogen-bond donors (Lipinski definition) is 2. The molecule has 0 aromatic heterocycles. The lowest BCUT2D eigenvalue weighted by Gasteiger charge is -2.40. The van der Waals surface area contributed by atoms with Gasteiger partial charge in [-0.05, 0) is 37.1 Å². The summed E-state index contributed by atoms with van der Waals surface area (Å²) in [6.07, 6.45) is 3.36. The third-order valence-electron chi connectivity index (χ3n) is 3.26. The van der Waals surface area contributed by atoms with E-state index < -0.39 is 0 Å². The summed E-state index contributed by atoms with van der Waals surface area (Å²) in [5, 5.41) is 12.5. The first-order valence-electron chi connectivity index (χ1n) is 5.34. The summed E-state index contributed by atoms with van der Waals surface area (Å²) >= 11 is 0. The van der Waals surface area contributed by atoms with Gasteiger partial charge in [-0.25, -0.2) is 4.39 Å². The number of hydrogen-bond acceptors (Lipinski definition) is 2. The van der Waals surface area contributed by atoms with E-state index in [1.807, 2.05) is 0 Å². The van der Waals surface area contributed by atoms with Crippen molar-refractivity contribution < 1.29 is 9.50 Å². The monoisotopic (exact) mass is 209 g/mol. The maximum Gasteiger partial charge on any atom is 0.123 e. The number of aliphatic hydroxyl groups excluding tert-OH is 1. The molecule has 0 heterocycles. The van der Waals surface area contributed by atoms with Gasteiger partial charge in [-0.15, -0.1) is 0 Å². The second-order valence-electron chi connectivity index (χ2n) is 4.37. The molecule has 1 aliphatic rings. The molecule has 0 unspecified atom stereocenters. The van der Waals surface area contributed by atoms with Crippen LogP contribution in [-0.2, 0) is 0 Å². The fourth-order valence-electron chi connectivity index (χ4n) is 1.92. The van der Waals surface area contributed by atoms with E-state index in [9.17, 15) is 9.50 Å². The van der Waals surface area contributed by atoms with Gasteiger partial charge >= 0.3 is 0 Å². The molecule has 2 N–H and O–H groups in total. The Morgan fingerprint density at radius 1 is 1.27 bits per heavy atom. The quantitative estimate of drug-likeness (QED) is 0.798. The molecule has 15 heavy (non-hydrogen) atoms. The maximum atomic E-state index is 12.6. The van der Waals surface area contributed by atoms with Gasteiger partial charge in [-0.1, -0.05) is 6.42 Å². The van der Waals surface area contributed by atoms with Gasteiger partial charge in [-0.3, -0.25) is 0 Å². The second-order valence-corrected chi connectivity index (χ2v) is 4.37. The summed E-state index contributed by atoms with van der Waals surface area (Å²) in [5.74, 6) is -0.221. The zero-order valence-corrected chi connectivity index (χ0v) is 8.67. The van der Waals surface area contributed by atoms with Crippen molar-refractivity contribution in [2.45, 2.75) is 19.3 Å². The van der Waals surface area contributed by atoms with Gasteiger partial charge in [-0.2, -0.15) is 0 Å². The van der Waals surface area contributed by atoms with Gasteiger partial charge < -0.3 is 10.4 Å². The van der Waals surface area contributed by atoms with Gasteiger partial charge in [0.25, 0.3) is 0 Å². The lowest BCUT2D eigenvalue weighted by Crippen LogP contribution is -2.39. The molecule has 0 radical (unpaired) electrons. The Labute approximate surface area is 89.1 Å². The third-order valence-corrected chi connectivity index (χ3v) is 3.26. The highest BCUT2D eigenvalue weighted by Crippen LogP contribution is 2.40. The average Bonchev–Trinajstić information content (AvgIpc) is 2.20. The highest BCUT2D eigenvalue weighted by atomic mass is 19.1. The zero-order chi connectivity index (χ0) is 10.7.